The summed E-state index contributed by atoms with van der Waals surface area (Å²) >= 11 is 0. The van der Waals surface area contributed by atoms with Crippen molar-refractivity contribution in [1.29, 1.82) is 0 Å². The number of anilines is 1. The van der Waals surface area contributed by atoms with Crippen LogP contribution in [0.3, 0.4) is 0 Å². The highest BCUT2D eigenvalue weighted by atomic mass is 16.5. The predicted octanol–water partition coefficient (Wildman–Crippen LogP) is 2.54. The number of hydrogen-bond acceptors (Lipinski definition) is 5. The second-order valence-electron chi connectivity index (χ2n) is 5.35. The molecule has 6 nitrogen and oxygen atoms in total. The zero-order valence-corrected chi connectivity index (χ0v) is 12.4. The lowest BCUT2D eigenvalue weighted by Gasteiger charge is -2.17. The number of aromatic nitrogens is 4. The van der Waals surface area contributed by atoms with Crippen LogP contribution in [0, 0.1) is 5.92 Å². The van der Waals surface area contributed by atoms with Gasteiger partial charge in [-0.2, -0.15) is 0 Å². The maximum absolute atomic E-state index is 6.07. The molecule has 2 aromatic rings. The Morgan fingerprint density at radius 3 is 2.70 bits per heavy atom. The van der Waals surface area contributed by atoms with Gasteiger partial charge in [-0.25, -0.2) is 4.68 Å². The normalized spacial score (nSPS) is 12.7. The Bertz CT molecular complexity index is 579. The van der Waals surface area contributed by atoms with Crippen molar-refractivity contribution in [2.45, 2.75) is 33.2 Å². The van der Waals surface area contributed by atoms with Crippen LogP contribution in [-0.2, 0) is 0 Å². The number of rotatable bonds is 5. The lowest BCUT2D eigenvalue weighted by molar-refractivity contribution is 0.391. The summed E-state index contributed by atoms with van der Waals surface area (Å²) in [5, 5.41) is 12.0. The fourth-order valence-corrected chi connectivity index (χ4v) is 2.39. The molecule has 0 bridgehead atoms. The van der Waals surface area contributed by atoms with Gasteiger partial charge in [-0.3, -0.25) is 0 Å². The molecule has 2 rings (SSSR count). The van der Waals surface area contributed by atoms with Gasteiger partial charge in [0.2, 0.25) is 0 Å². The highest BCUT2D eigenvalue weighted by molar-refractivity contribution is 5.77. The van der Waals surface area contributed by atoms with Crippen LogP contribution in [0.25, 0.3) is 11.4 Å². The van der Waals surface area contributed by atoms with E-state index in [9.17, 15) is 0 Å². The van der Waals surface area contributed by atoms with E-state index < -0.39 is 0 Å². The highest BCUT2D eigenvalue weighted by Crippen LogP contribution is 2.34. The van der Waals surface area contributed by atoms with E-state index in [0.29, 0.717) is 23.2 Å². The van der Waals surface area contributed by atoms with Crippen LogP contribution in [-0.4, -0.2) is 27.3 Å². The van der Waals surface area contributed by atoms with E-state index in [0.717, 1.165) is 12.0 Å². The molecule has 20 heavy (non-hydrogen) atoms. The fourth-order valence-electron chi connectivity index (χ4n) is 2.39. The molecule has 2 N–H and O–H groups in total. The van der Waals surface area contributed by atoms with E-state index in [1.807, 2.05) is 22.9 Å². The monoisotopic (exact) mass is 275 g/mol. The molecule has 108 valence electrons. The maximum Gasteiger partial charge on any atom is 0.188 e. The van der Waals surface area contributed by atoms with E-state index in [4.69, 9.17) is 10.5 Å². The number of ether oxygens (including phenoxy) is 1. The molecule has 0 aliphatic heterocycles. The van der Waals surface area contributed by atoms with Gasteiger partial charge < -0.3 is 10.5 Å². The summed E-state index contributed by atoms with van der Waals surface area (Å²) in [5.41, 5.74) is 7.42. The van der Waals surface area contributed by atoms with Crippen molar-refractivity contribution < 1.29 is 4.74 Å². The van der Waals surface area contributed by atoms with E-state index >= 15 is 0 Å². The Labute approximate surface area is 118 Å². The summed E-state index contributed by atoms with van der Waals surface area (Å²) in [6, 6.07) is 5.73. The number of hydrogen-bond donors (Lipinski definition) is 1. The van der Waals surface area contributed by atoms with E-state index in [1.54, 1.807) is 7.11 Å². The number of tetrazole rings is 1. The molecule has 0 radical (unpaired) electrons. The van der Waals surface area contributed by atoms with Gasteiger partial charge in [0.15, 0.2) is 5.82 Å². The smallest absolute Gasteiger partial charge is 0.188 e. The van der Waals surface area contributed by atoms with Gasteiger partial charge in [0.05, 0.1) is 18.7 Å². The fraction of sp³-hybridized carbons (Fsp3) is 0.500. The molecular weight excluding hydrogens is 254 g/mol. The van der Waals surface area contributed by atoms with Crippen LogP contribution in [0.2, 0.25) is 0 Å². The minimum Gasteiger partial charge on any atom is -0.496 e. The first-order valence-corrected chi connectivity index (χ1v) is 6.75. The third kappa shape index (κ3) is 2.74. The molecular formula is C14H21N5O. The lowest BCUT2D eigenvalue weighted by Crippen LogP contribution is -2.12. The first-order chi connectivity index (χ1) is 9.54. The van der Waals surface area contributed by atoms with E-state index in [-0.39, 0.29) is 6.04 Å². The molecule has 0 aliphatic rings. The summed E-state index contributed by atoms with van der Waals surface area (Å²) in [6.45, 7) is 6.46. The molecule has 1 aromatic carbocycles. The number of benzene rings is 1. The molecule has 1 atom stereocenters. The Morgan fingerprint density at radius 2 is 2.05 bits per heavy atom. The van der Waals surface area contributed by atoms with Gasteiger partial charge in [0.25, 0.3) is 0 Å². The number of methoxy groups -OCH3 is 1. The molecule has 1 heterocycles. The van der Waals surface area contributed by atoms with Crippen molar-refractivity contribution in [3.8, 4) is 17.1 Å². The van der Waals surface area contributed by atoms with Gasteiger partial charge in [-0.15, -0.1) is 5.10 Å². The second kappa shape index (κ2) is 5.90. The van der Waals surface area contributed by atoms with Gasteiger partial charge in [0, 0.05) is 5.69 Å². The molecule has 0 saturated carbocycles. The Kier molecular flexibility index (Phi) is 4.22. The predicted molar refractivity (Wildman–Crippen MR) is 78.4 cm³/mol. The average molecular weight is 275 g/mol. The van der Waals surface area contributed by atoms with Crippen molar-refractivity contribution in [3.63, 3.8) is 0 Å². The maximum atomic E-state index is 6.07. The van der Waals surface area contributed by atoms with E-state index in [2.05, 4.69) is 36.3 Å². The second-order valence-corrected chi connectivity index (χ2v) is 5.35. The van der Waals surface area contributed by atoms with Gasteiger partial charge >= 0.3 is 0 Å². The summed E-state index contributed by atoms with van der Waals surface area (Å²) in [7, 11) is 1.62. The Balaban J connectivity index is 2.47. The van der Waals surface area contributed by atoms with Crippen molar-refractivity contribution in [3.05, 3.63) is 18.2 Å². The molecule has 1 unspecified atom stereocenters. The van der Waals surface area contributed by atoms with Crippen molar-refractivity contribution in [1.82, 2.24) is 20.2 Å². The minimum atomic E-state index is 0.198. The molecule has 6 heteroatoms. The summed E-state index contributed by atoms with van der Waals surface area (Å²) in [5.74, 6) is 1.89. The van der Waals surface area contributed by atoms with Crippen molar-refractivity contribution in [2.24, 2.45) is 5.92 Å². The molecule has 1 aromatic heterocycles. The van der Waals surface area contributed by atoms with Crippen LogP contribution in [0.15, 0.2) is 18.2 Å². The number of nitrogen functional groups attached to an aromatic ring is 1. The third-order valence-electron chi connectivity index (χ3n) is 3.22. The first-order valence-electron chi connectivity index (χ1n) is 6.75. The summed E-state index contributed by atoms with van der Waals surface area (Å²) < 4.78 is 7.19. The van der Waals surface area contributed by atoms with Gasteiger partial charge in [-0.1, -0.05) is 19.9 Å². The third-order valence-corrected chi connectivity index (χ3v) is 3.22. The largest absolute Gasteiger partial charge is 0.496 e. The quantitative estimate of drug-likeness (QED) is 0.848. The van der Waals surface area contributed by atoms with Crippen LogP contribution < -0.4 is 10.5 Å². The van der Waals surface area contributed by atoms with E-state index in [1.165, 1.54) is 0 Å². The standard InChI is InChI=1S/C14H21N5O/c1-9(2)8-10(3)19-14(16-17-18-19)13-11(15)6-5-7-12(13)20-4/h5-7,9-10H,8,15H2,1-4H3. The zero-order chi connectivity index (χ0) is 14.7. The van der Waals surface area contributed by atoms with Crippen LogP contribution in [0.5, 0.6) is 5.75 Å². The molecule has 0 amide bonds. The molecule has 0 fully saturated rings. The minimum absolute atomic E-state index is 0.198. The van der Waals surface area contributed by atoms with Crippen molar-refractivity contribution in [2.75, 3.05) is 12.8 Å². The SMILES string of the molecule is COc1cccc(N)c1-c1nnnn1C(C)CC(C)C. The zero-order valence-electron chi connectivity index (χ0n) is 12.4. The molecule has 0 aliphatic carbocycles. The molecule has 0 saturated heterocycles. The Hall–Kier alpha value is -2.11. The van der Waals surface area contributed by atoms with Crippen LogP contribution in [0.4, 0.5) is 5.69 Å². The average Bonchev–Trinajstić information content (AvgIpc) is 2.86. The topological polar surface area (TPSA) is 78.8 Å². The van der Waals surface area contributed by atoms with Crippen LogP contribution >= 0.6 is 0 Å². The number of nitrogens with two attached hydrogens (primary N) is 1. The first kappa shape index (κ1) is 14.3. The number of nitrogens with zero attached hydrogens (tertiary/aromatic N) is 4. The Morgan fingerprint density at radius 1 is 1.30 bits per heavy atom. The van der Waals surface area contributed by atoms with Gasteiger partial charge in [-0.05, 0) is 41.8 Å². The summed E-state index contributed by atoms with van der Waals surface area (Å²) in [4.78, 5) is 0. The van der Waals surface area contributed by atoms with Gasteiger partial charge in [0.1, 0.15) is 5.75 Å². The van der Waals surface area contributed by atoms with Crippen LogP contribution in [0.1, 0.15) is 33.2 Å². The van der Waals surface area contributed by atoms with Crippen molar-refractivity contribution >= 4 is 5.69 Å². The summed E-state index contributed by atoms with van der Waals surface area (Å²) in [6.07, 6.45) is 0.993. The lowest BCUT2D eigenvalue weighted by atomic mass is 10.0. The highest BCUT2D eigenvalue weighted by Gasteiger charge is 2.20. The molecule has 0 spiro atoms.